The molecule has 3 aromatic carbocycles. The molecule has 37 heavy (non-hydrogen) atoms. The zero-order chi connectivity index (χ0) is 25.8. The van der Waals surface area contributed by atoms with Crippen LogP contribution < -0.4 is 10.0 Å². The second kappa shape index (κ2) is 10.8. The van der Waals surface area contributed by atoms with Crippen LogP contribution in [-0.2, 0) is 16.4 Å². The number of halogens is 1. The van der Waals surface area contributed by atoms with Crippen LogP contribution >= 0.6 is 15.9 Å². The summed E-state index contributed by atoms with van der Waals surface area (Å²) in [6.07, 6.45) is 2.06. The Morgan fingerprint density at radius 2 is 1.62 bits per heavy atom. The van der Waals surface area contributed by atoms with E-state index in [4.69, 9.17) is 4.98 Å². The molecule has 2 aromatic heterocycles. The molecule has 0 spiro atoms. The van der Waals surface area contributed by atoms with Crippen molar-refractivity contribution in [3.8, 4) is 11.3 Å². The van der Waals surface area contributed by atoms with Crippen LogP contribution in [0.3, 0.4) is 0 Å². The summed E-state index contributed by atoms with van der Waals surface area (Å²) in [5, 5.41) is 17.5. The van der Waals surface area contributed by atoms with Gasteiger partial charge in [0.05, 0.1) is 27.9 Å². The lowest BCUT2D eigenvalue weighted by atomic mass is 10.1. The molecule has 5 rings (SSSR count). The van der Waals surface area contributed by atoms with Gasteiger partial charge in [0.25, 0.3) is 0 Å². The Labute approximate surface area is 223 Å². The number of nitrogens with zero attached hydrogens (tertiary/aromatic N) is 3. The Morgan fingerprint density at radius 1 is 0.946 bits per heavy atom. The van der Waals surface area contributed by atoms with Crippen LogP contribution in [0.2, 0.25) is 0 Å². The summed E-state index contributed by atoms with van der Waals surface area (Å²) >= 11 is 3.51. The van der Waals surface area contributed by atoms with Gasteiger partial charge in [-0.25, -0.2) is 18.1 Å². The minimum absolute atomic E-state index is 0.108. The minimum atomic E-state index is -3.83. The van der Waals surface area contributed by atoms with Gasteiger partial charge in [0, 0.05) is 23.4 Å². The second-order valence-corrected chi connectivity index (χ2v) is 11.0. The number of fused-ring (bicyclic) bond motifs is 1. The van der Waals surface area contributed by atoms with Crippen LogP contribution in [0.5, 0.6) is 0 Å². The molecule has 0 saturated carbocycles. The molecule has 1 unspecified atom stereocenters. The fourth-order valence-corrected chi connectivity index (χ4v) is 5.55. The number of sulfonamides is 1. The largest absolute Gasteiger partial charge is 0.395 e. The maximum Gasteiger partial charge on any atom is 0.240 e. The van der Waals surface area contributed by atoms with E-state index < -0.39 is 16.1 Å². The maximum absolute atomic E-state index is 13.0. The Hall–Kier alpha value is -3.57. The third-order valence-corrected chi connectivity index (χ3v) is 7.90. The van der Waals surface area contributed by atoms with Gasteiger partial charge in [-0.15, -0.1) is 0 Å². The van der Waals surface area contributed by atoms with Crippen molar-refractivity contribution in [3.63, 3.8) is 0 Å². The van der Waals surface area contributed by atoms with E-state index in [1.807, 2.05) is 66.7 Å². The fourth-order valence-electron chi connectivity index (χ4n) is 3.98. The normalized spacial score (nSPS) is 12.5. The lowest BCUT2D eigenvalue weighted by Crippen LogP contribution is -2.39. The minimum Gasteiger partial charge on any atom is -0.395 e. The second-order valence-electron chi connectivity index (χ2n) is 8.46. The molecule has 8 nitrogen and oxygen atoms in total. The molecule has 0 bridgehead atoms. The monoisotopic (exact) mass is 577 g/mol. The number of aromatic nitrogens is 3. The quantitative estimate of drug-likeness (QED) is 0.232. The fraction of sp³-hybridized carbons (Fsp3) is 0.111. The zero-order valence-electron chi connectivity index (χ0n) is 19.6. The Bertz CT molecular complexity index is 1610. The predicted octanol–water partition coefficient (Wildman–Crippen LogP) is 4.78. The molecule has 2 heterocycles. The van der Waals surface area contributed by atoms with E-state index in [-0.39, 0.29) is 11.5 Å². The lowest BCUT2D eigenvalue weighted by Gasteiger charge is -2.17. The van der Waals surface area contributed by atoms with Gasteiger partial charge in [0.2, 0.25) is 10.0 Å². The molecule has 0 saturated heterocycles. The van der Waals surface area contributed by atoms with Crippen molar-refractivity contribution in [1.29, 1.82) is 0 Å². The van der Waals surface area contributed by atoms with Crippen molar-refractivity contribution < 1.29 is 13.5 Å². The summed E-state index contributed by atoms with van der Waals surface area (Å²) < 4.78 is 31.0. The average Bonchev–Trinajstić information content (AvgIpc) is 3.30. The summed E-state index contributed by atoms with van der Waals surface area (Å²) in [5.74, 6) is 0.673. The standard InChI is InChI=1S/C27H24BrN5O3S/c28-24-17-29-33-26(16-25(31-27(24)33)20-9-5-2-6-10-20)30-21-11-13-23(14-12-21)37(35,36)32-22(18-34)15-19-7-3-1-4-8-19/h1-14,16-17,22,30,32,34H,15,18H2. The first-order valence-electron chi connectivity index (χ1n) is 11.6. The van der Waals surface area contributed by atoms with Gasteiger partial charge in [-0.3, -0.25) is 0 Å². The summed E-state index contributed by atoms with van der Waals surface area (Å²) in [5.41, 5.74) is 4.00. The first-order chi connectivity index (χ1) is 17.9. The molecule has 0 aliphatic carbocycles. The van der Waals surface area contributed by atoms with Crippen molar-refractivity contribution in [1.82, 2.24) is 19.3 Å². The van der Waals surface area contributed by atoms with E-state index in [9.17, 15) is 13.5 Å². The van der Waals surface area contributed by atoms with Crippen molar-refractivity contribution >= 4 is 43.1 Å². The Balaban J connectivity index is 1.37. The van der Waals surface area contributed by atoms with Crippen molar-refractivity contribution in [2.45, 2.75) is 17.4 Å². The molecular formula is C27H24BrN5O3S. The van der Waals surface area contributed by atoms with E-state index in [2.05, 4.69) is 31.1 Å². The molecule has 188 valence electrons. The molecule has 10 heteroatoms. The first-order valence-corrected chi connectivity index (χ1v) is 13.8. The van der Waals surface area contributed by atoms with Gasteiger partial charge in [0.1, 0.15) is 5.82 Å². The van der Waals surface area contributed by atoms with E-state index in [0.29, 0.717) is 23.6 Å². The summed E-state index contributed by atoms with van der Waals surface area (Å²) in [6.45, 7) is -0.311. The molecule has 0 aliphatic heterocycles. The highest BCUT2D eigenvalue weighted by Crippen LogP contribution is 2.28. The van der Waals surface area contributed by atoms with E-state index in [0.717, 1.165) is 21.3 Å². The number of aliphatic hydroxyl groups is 1. The zero-order valence-corrected chi connectivity index (χ0v) is 22.0. The number of nitrogens with one attached hydrogen (secondary N) is 2. The van der Waals surface area contributed by atoms with Crippen LogP contribution in [0, 0.1) is 0 Å². The average molecular weight is 578 g/mol. The lowest BCUT2D eigenvalue weighted by molar-refractivity contribution is 0.256. The maximum atomic E-state index is 13.0. The summed E-state index contributed by atoms with van der Waals surface area (Å²) in [7, 11) is -3.83. The summed E-state index contributed by atoms with van der Waals surface area (Å²) in [6, 6.07) is 26.9. The number of hydrogen-bond acceptors (Lipinski definition) is 6. The molecule has 3 N–H and O–H groups in total. The van der Waals surface area contributed by atoms with Gasteiger partial charge >= 0.3 is 0 Å². The highest BCUT2D eigenvalue weighted by atomic mass is 79.9. The topological polar surface area (TPSA) is 109 Å². The highest BCUT2D eigenvalue weighted by Gasteiger charge is 2.20. The van der Waals surface area contributed by atoms with Gasteiger partial charge in [0.15, 0.2) is 5.65 Å². The third kappa shape index (κ3) is 5.72. The summed E-state index contributed by atoms with van der Waals surface area (Å²) in [4.78, 5) is 4.83. The molecule has 0 fully saturated rings. The van der Waals surface area contributed by atoms with Gasteiger partial charge in [-0.1, -0.05) is 60.7 Å². The van der Waals surface area contributed by atoms with Crippen LogP contribution in [-0.4, -0.2) is 40.8 Å². The third-order valence-electron chi connectivity index (χ3n) is 5.80. The number of benzene rings is 3. The number of aliphatic hydroxyl groups excluding tert-OH is 1. The molecule has 1 atom stereocenters. The number of hydrogen-bond donors (Lipinski definition) is 3. The van der Waals surface area contributed by atoms with Crippen LogP contribution in [0.4, 0.5) is 11.5 Å². The van der Waals surface area contributed by atoms with Gasteiger partial charge in [-0.2, -0.15) is 9.61 Å². The van der Waals surface area contributed by atoms with E-state index in [1.54, 1.807) is 22.8 Å². The van der Waals surface area contributed by atoms with Crippen LogP contribution in [0.15, 0.2) is 107 Å². The predicted molar refractivity (Wildman–Crippen MR) is 147 cm³/mol. The molecule has 0 radical (unpaired) electrons. The molecular weight excluding hydrogens is 554 g/mol. The molecule has 0 aliphatic rings. The smallest absolute Gasteiger partial charge is 0.240 e. The molecule has 0 amide bonds. The van der Waals surface area contributed by atoms with Gasteiger partial charge < -0.3 is 10.4 Å². The number of rotatable bonds is 9. The van der Waals surface area contributed by atoms with Crippen molar-refractivity contribution in [3.05, 3.63) is 107 Å². The Morgan fingerprint density at radius 3 is 2.30 bits per heavy atom. The number of anilines is 2. The highest BCUT2D eigenvalue weighted by molar-refractivity contribution is 9.10. The van der Waals surface area contributed by atoms with Crippen LogP contribution in [0.1, 0.15) is 5.56 Å². The SMILES string of the molecule is O=S(=O)(NC(CO)Cc1ccccc1)c1ccc(Nc2cc(-c3ccccc3)nc3c(Br)cnn23)cc1. The van der Waals surface area contributed by atoms with Gasteiger partial charge in [-0.05, 0) is 52.2 Å². The van der Waals surface area contributed by atoms with Crippen molar-refractivity contribution in [2.75, 3.05) is 11.9 Å². The first kappa shape index (κ1) is 25.1. The van der Waals surface area contributed by atoms with E-state index in [1.165, 1.54) is 12.1 Å². The Kier molecular flexibility index (Phi) is 7.33. The van der Waals surface area contributed by atoms with Crippen LogP contribution in [0.25, 0.3) is 16.9 Å². The van der Waals surface area contributed by atoms with E-state index >= 15 is 0 Å². The molecule has 5 aromatic rings. The van der Waals surface area contributed by atoms with Crippen molar-refractivity contribution in [2.24, 2.45) is 0 Å².